The van der Waals surface area contributed by atoms with E-state index in [4.69, 9.17) is 4.74 Å². The largest absolute Gasteiger partial charge is 0.381 e. The minimum atomic E-state index is -0.516. The van der Waals surface area contributed by atoms with E-state index >= 15 is 0 Å². The van der Waals surface area contributed by atoms with Gasteiger partial charge in [0.2, 0.25) is 0 Å². The topological polar surface area (TPSA) is 91.1 Å². The van der Waals surface area contributed by atoms with Gasteiger partial charge in [0.25, 0.3) is 5.91 Å². The van der Waals surface area contributed by atoms with Gasteiger partial charge in [-0.1, -0.05) is 6.07 Å². The number of hydrogen-bond acceptors (Lipinski definition) is 6. The number of nitriles is 1. The second kappa shape index (κ2) is 8.19. The summed E-state index contributed by atoms with van der Waals surface area (Å²) in [5, 5.41) is 12.3. The molecule has 0 spiro atoms. The third-order valence-electron chi connectivity index (χ3n) is 7.00. The quantitative estimate of drug-likeness (QED) is 0.650. The Morgan fingerprint density at radius 3 is 2.74 bits per heavy atom. The molecule has 2 fully saturated rings. The van der Waals surface area contributed by atoms with E-state index in [0.29, 0.717) is 35.2 Å². The summed E-state index contributed by atoms with van der Waals surface area (Å²) in [5.74, 6) is 0.471. The molecule has 0 bridgehead atoms. The predicted octanol–water partition coefficient (Wildman–Crippen LogP) is 3.07. The van der Waals surface area contributed by atoms with Crippen LogP contribution in [-0.4, -0.2) is 42.2 Å². The SMILES string of the molecule is N#Cc1cccc(F)c1-c1cc(Cc2ccc(N3C[C@H]4COC[C@H]4C3)cn2)c2c(n1)CNC2=O. The van der Waals surface area contributed by atoms with Crippen LogP contribution in [0.1, 0.15) is 32.9 Å². The van der Waals surface area contributed by atoms with Gasteiger partial charge in [-0.05, 0) is 35.9 Å². The number of fused-ring (bicyclic) bond motifs is 2. The average Bonchev–Trinajstić information content (AvgIpc) is 3.55. The summed E-state index contributed by atoms with van der Waals surface area (Å²) in [6, 6.07) is 12.2. The highest BCUT2D eigenvalue weighted by Crippen LogP contribution is 2.33. The molecule has 7 nitrogen and oxygen atoms in total. The molecule has 2 saturated heterocycles. The molecule has 1 amide bonds. The summed E-state index contributed by atoms with van der Waals surface area (Å²) in [5.41, 5.74) is 4.39. The van der Waals surface area contributed by atoms with E-state index < -0.39 is 5.82 Å². The van der Waals surface area contributed by atoms with Gasteiger partial charge in [-0.15, -0.1) is 0 Å². The summed E-state index contributed by atoms with van der Waals surface area (Å²) in [6.45, 7) is 3.91. The number of rotatable bonds is 4. The number of carbonyl (C=O) groups is 1. The average molecular weight is 455 g/mol. The van der Waals surface area contributed by atoms with E-state index in [2.05, 4.69) is 26.3 Å². The Morgan fingerprint density at radius 1 is 1.18 bits per heavy atom. The van der Waals surface area contributed by atoms with Gasteiger partial charge in [-0.25, -0.2) is 9.37 Å². The van der Waals surface area contributed by atoms with Crippen LogP contribution in [0, 0.1) is 29.0 Å². The molecule has 0 aliphatic carbocycles. The number of benzene rings is 1. The van der Waals surface area contributed by atoms with Crippen LogP contribution < -0.4 is 10.2 Å². The number of amides is 1. The second-order valence-electron chi connectivity index (χ2n) is 9.09. The van der Waals surface area contributed by atoms with Gasteiger partial charge < -0.3 is 15.0 Å². The number of anilines is 1. The maximum Gasteiger partial charge on any atom is 0.253 e. The van der Waals surface area contributed by atoms with Crippen molar-refractivity contribution in [3.63, 3.8) is 0 Å². The Morgan fingerprint density at radius 2 is 2.00 bits per heavy atom. The smallest absolute Gasteiger partial charge is 0.253 e. The number of halogens is 1. The molecule has 3 aliphatic heterocycles. The number of pyridine rings is 2. The van der Waals surface area contributed by atoms with Crippen molar-refractivity contribution in [3.8, 4) is 17.3 Å². The molecule has 1 N–H and O–H groups in total. The lowest BCUT2D eigenvalue weighted by atomic mass is 9.97. The van der Waals surface area contributed by atoms with Gasteiger partial charge in [-0.2, -0.15) is 5.26 Å². The number of nitrogens with zero attached hydrogens (tertiary/aromatic N) is 4. The van der Waals surface area contributed by atoms with Crippen molar-refractivity contribution >= 4 is 11.6 Å². The number of carbonyl (C=O) groups excluding carboxylic acids is 1. The highest BCUT2D eigenvalue weighted by molar-refractivity contribution is 5.99. The summed E-state index contributed by atoms with van der Waals surface area (Å²) >= 11 is 0. The lowest BCUT2D eigenvalue weighted by Crippen LogP contribution is -2.22. The number of nitrogens with one attached hydrogen (secondary N) is 1. The molecule has 34 heavy (non-hydrogen) atoms. The Kier molecular flexibility index (Phi) is 5.00. The molecule has 6 rings (SSSR count). The Hall–Kier alpha value is -3.83. The Bertz CT molecular complexity index is 1320. The molecule has 5 heterocycles. The molecule has 8 heteroatoms. The van der Waals surface area contributed by atoms with Crippen LogP contribution in [0.25, 0.3) is 11.3 Å². The minimum Gasteiger partial charge on any atom is -0.381 e. The first-order valence-electron chi connectivity index (χ1n) is 11.4. The van der Waals surface area contributed by atoms with E-state index in [1.807, 2.05) is 18.3 Å². The molecular formula is C26H22FN5O2. The van der Waals surface area contributed by atoms with E-state index in [-0.39, 0.29) is 23.6 Å². The van der Waals surface area contributed by atoms with Crippen LogP contribution in [0.5, 0.6) is 0 Å². The maximum atomic E-state index is 14.7. The normalized spacial score (nSPS) is 20.7. The first-order valence-corrected chi connectivity index (χ1v) is 11.4. The maximum absolute atomic E-state index is 14.7. The fourth-order valence-electron chi connectivity index (χ4n) is 5.26. The van der Waals surface area contributed by atoms with Crippen molar-refractivity contribution in [3.05, 3.63) is 76.5 Å². The monoisotopic (exact) mass is 455 g/mol. The number of ether oxygens (including phenoxy) is 1. The summed E-state index contributed by atoms with van der Waals surface area (Å²) < 4.78 is 20.3. The van der Waals surface area contributed by atoms with E-state index in [1.165, 1.54) is 12.1 Å². The molecular weight excluding hydrogens is 433 g/mol. The van der Waals surface area contributed by atoms with Crippen LogP contribution >= 0.6 is 0 Å². The van der Waals surface area contributed by atoms with Crippen molar-refractivity contribution in [2.45, 2.75) is 13.0 Å². The zero-order valence-electron chi connectivity index (χ0n) is 18.4. The van der Waals surface area contributed by atoms with E-state index in [0.717, 1.165) is 43.2 Å². The van der Waals surface area contributed by atoms with Crippen LogP contribution in [0.3, 0.4) is 0 Å². The van der Waals surface area contributed by atoms with Gasteiger partial charge in [-0.3, -0.25) is 9.78 Å². The molecule has 0 saturated carbocycles. The predicted molar refractivity (Wildman–Crippen MR) is 123 cm³/mol. The van der Waals surface area contributed by atoms with Gasteiger partial charge in [0.15, 0.2) is 0 Å². The third-order valence-corrected chi connectivity index (χ3v) is 7.00. The molecule has 2 atom stereocenters. The van der Waals surface area contributed by atoms with Crippen molar-refractivity contribution in [1.29, 1.82) is 5.26 Å². The van der Waals surface area contributed by atoms with Gasteiger partial charge in [0, 0.05) is 37.0 Å². The third kappa shape index (κ3) is 3.49. The highest BCUT2D eigenvalue weighted by atomic mass is 19.1. The lowest BCUT2D eigenvalue weighted by molar-refractivity contribution is 0.0965. The van der Waals surface area contributed by atoms with Crippen molar-refractivity contribution in [1.82, 2.24) is 15.3 Å². The molecule has 1 aromatic carbocycles. The molecule has 2 aromatic heterocycles. The van der Waals surface area contributed by atoms with Crippen molar-refractivity contribution < 1.29 is 13.9 Å². The van der Waals surface area contributed by atoms with Crippen LogP contribution in [0.15, 0.2) is 42.6 Å². The van der Waals surface area contributed by atoms with Crippen LogP contribution in [0.2, 0.25) is 0 Å². The Balaban J connectivity index is 1.32. The lowest BCUT2D eigenvalue weighted by Gasteiger charge is -2.19. The first-order chi connectivity index (χ1) is 16.6. The van der Waals surface area contributed by atoms with Gasteiger partial charge >= 0.3 is 0 Å². The summed E-state index contributed by atoms with van der Waals surface area (Å²) in [6.07, 6.45) is 2.28. The molecule has 3 aromatic rings. The zero-order chi connectivity index (χ0) is 23.2. The zero-order valence-corrected chi connectivity index (χ0v) is 18.4. The van der Waals surface area contributed by atoms with Crippen molar-refractivity contribution in [2.24, 2.45) is 11.8 Å². The number of hydrogen-bond donors (Lipinski definition) is 1. The first kappa shape index (κ1) is 20.8. The van der Waals surface area contributed by atoms with E-state index in [9.17, 15) is 14.4 Å². The van der Waals surface area contributed by atoms with Crippen LogP contribution in [0.4, 0.5) is 10.1 Å². The standard InChI is InChI=1S/C26H22FN5O2/c27-21-3-1-2-15(8-28)24(21)22-7-16(25-23(31-22)10-30-26(25)33)6-19-4-5-20(9-29-19)32-11-17-13-34-14-18(17)12-32/h1-5,7,9,17-18H,6,10-14H2,(H,30,33)/t17-,18+. The second-order valence-corrected chi connectivity index (χ2v) is 9.09. The van der Waals surface area contributed by atoms with Crippen LogP contribution in [-0.2, 0) is 17.7 Å². The molecule has 0 radical (unpaired) electrons. The summed E-state index contributed by atoms with van der Waals surface area (Å²) in [4.78, 5) is 24.1. The minimum absolute atomic E-state index is 0.153. The van der Waals surface area contributed by atoms with Gasteiger partial charge in [0.05, 0.1) is 65.8 Å². The summed E-state index contributed by atoms with van der Waals surface area (Å²) in [7, 11) is 0. The fourth-order valence-corrected chi connectivity index (χ4v) is 5.26. The number of aromatic nitrogens is 2. The highest BCUT2D eigenvalue weighted by Gasteiger charge is 2.37. The molecule has 0 unspecified atom stereocenters. The molecule has 170 valence electrons. The van der Waals surface area contributed by atoms with E-state index in [1.54, 1.807) is 12.1 Å². The van der Waals surface area contributed by atoms with Crippen molar-refractivity contribution in [2.75, 3.05) is 31.2 Å². The Labute approximate surface area is 196 Å². The van der Waals surface area contributed by atoms with Gasteiger partial charge in [0.1, 0.15) is 5.82 Å². The molecule has 3 aliphatic rings. The fraction of sp³-hybridized carbons (Fsp3) is 0.308.